The molecule has 0 aliphatic rings. The monoisotopic (exact) mass is 251 g/mol. The summed E-state index contributed by atoms with van der Waals surface area (Å²) in [5.74, 6) is 0.414. The first-order chi connectivity index (χ1) is 8.26. The molecule has 18 heavy (non-hydrogen) atoms. The van der Waals surface area contributed by atoms with Crippen LogP contribution in [0.4, 0.5) is 0 Å². The lowest BCUT2D eigenvalue weighted by Crippen LogP contribution is -2.24. The van der Waals surface area contributed by atoms with E-state index in [-0.39, 0.29) is 18.5 Å². The molecule has 0 atom stereocenters. The van der Waals surface area contributed by atoms with Gasteiger partial charge in [0.25, 0.3) is 0 Å². The summed E-state index contributed by atoms with van der Waals surface area (Å²) in [6.07, 6.45) is 3.58. The molecule has 100 valence electrons. The fourth-order valence-electron chi connectivity index (χ4n) is 1.44. The Morgan fingerprint density at radius 3 is 2.56 bits per heavy atom. The van der Waals surface area contributed by atoms with Gasteiger partial charge in [-0.1, -0.05) is 0 Å². The van der Waals surface area contributed by atoms with Gasteiger partial charge in [0.15, 0.2) is 0 Å². The maximum Gasteiger partial charge on any atom is 0.310 e. The third kappa shape index (κ3) is 5.66. The Morgan fingerprint density at radius 1 is 1.33 bits per heavy atom. The number of pyridine rings is 1. The zero-order valence-electron chi connectivity index (χ0n) is 11.7. The molecule has 1 aromatic rings. The number of aromatic nitrogens is 1. The van der Waals surface area contributed by atoms with E-state index in [1.807, 2.05) is 40.7 Å². The standard InChI is InChI=1S/C14H21NO3/c1-10(2)17-12-6-11(8-15-9-12)7-13(16)18-14(3,4)5/h6,8-10H,7H2,1-5H3. The lowest BCUT2D eigenvalue weighted by molar-refractivity contribution is -0.153. The van der Waals surface area contributed by atoms with Crippen molar-refractivity contribution in [2.45, 2.75) is 52.7 Å². The van der Waals surface area contributed by atoms with Crippen LogP contribution in [-0.4, -0.2) is 22.7 Å². The maximum atomic E-state index is 11.7. The second-order valence-electron chi connectivity index (χ2n) is 5.46. The van der Waals surface area contributed by atoms with Crippen LogP contribution < -0.4 is 4.74 Å². The van der Waals surface area contributed by atoms with E-state index >= 15 is 0 Å². The molecule has 0 saturated carbocycles. The first-order valence-electron chi connectivity index (χ1n) is 6.09. The number of hydrogen-bond donors (Lipinski definition) is 0. The number of ether oxygens (including phenoxy) is 2. The van der Waals surface area contributed by atoms with Crippen molar-refractivity contribution >= 4 is 5.97 Å². The number of carbonyl (C=O) groups is 1. The number of hydrogen-bond acceptors (Lipinski definition) is 4. The molecule has 1 aromatic heterocycles. The first-order valence-corrected chi connectivity index (χ1v) is 6.09. The van der Waals surface area contributed by atoms with Gasteiger partial charge in [0, 0.05) is 6.20 Å². The second kappa shape index (κ2) is 5.85. The van der Waals surface area contributed by atoms with Crippen LogP contribution in [-0.2, 0) is 16.0 Å². The Morgan fingerprint density at radius 2 is 2.00 bits per heavy atom. The molecular formula is C14H21NO3. The predicted octanol–water partition coefficient (Wildman–Crippen LogP) is 2.75. The lowest BCUT2D eigenvalue weighted by atomic mass is 10.1. The van der Waals surface area contributed by atoms with E-state index in [9.17, 15) is 4.79 Å². The fourth-order valence-corrected chi connectivity index (χ4v) is 1.44. The Balaban J connectivity index is 2.65. The zero-order valence-corrected chi connectivity index (χ0v) is 11.7. The quantitative estimate of drug-likeness (QED) is 0.772. The van der Waals surface area contributed by atoms with E-state index < -0.39 is 5.60 Å². The van der Waals surface area contributed by atoms with Gasteiger partial charge in [-0.2, -0.15) is 0 Å². The van der Waals surface area contributed by atoms with Crippen LogP contribution in [0.1, 0.15) is 40.2 Å². The molecule has 4 nitrogen and oxygen atoms in total. The summed E-state index contributed by atoms with van der Waals surface area (Å²) in [5, 5.41) is 0. The summed E-state index contributed by atoms with van der Waals surface area (Å²) in [7, 11) is 0. The summed E-state index contributed by atoms with van der Waals surface area (Å²) in [6, 6.07) is 1.82. The van der Waals surface area contributed by atoms with Crippen molar-refractivity contribution in [3.63, 3.8) is 0 Å². The molecule has 4 heteroatoms. The molecule has 0 radical (unpaired) electrons. The highest BCUT2D eigenvalue weighted by Crippen LogP contribution is 2.15. The largest absolute Gasteiger partial charge is 0.489 e. The van der Waals surface area contributed by atoms with Crippen LogP contribution >= 0.6 is 0 Å². The van der Waals surface area contributed by atoms with Gasteiger partial charge in [-0.25, -0.2) is 0 Å². The van der Waals surface area contributed by atoms with E-state index in [4.69, 9.17) is 9.47 Å². The van der Waals surface area contributed by atoms with Crippen LogP contribution in [0.5, 0.6) is 5.75 Å². The van der Waals surface area contributed by atoms with E-state index in [0.29, 0.717) is 5.75 Å². The van der Waals surface area contributed by atoms with Gasteiger partial charge in [0.1, 0.15) is 11.4 Å². The van der Waals surface area contributed by atoms with Crippen molar-refractivity contribution in [1.29, 1.82) is 0 Å². The maximum absolute atomic E-state index is 11.7. The van der Waals surface area contributed by atoms with Gasteiger partial charge in [0.2, 0.25) is 0 Å². The average Bonchev–Trinajstić information content (AvgIpc) is 2.13. The number of esters is 1. The number of nitrogens with zero attached hydrogens (tertiary/aromatic N) is 1. The molecule has 0 aliphatic carbocycles. The molecule has 0 unspecified atom stereocenters. The van der Waals surface area contributed by atoms with Gasteiger partial charge in [-0.05, 0) is 46.2 Å². The minimum absolute atomic E-state index is 0.0866. The van der Waals surface area contributed by atoms with Crippen molar-refractivity contribution in [1.82, 2.24) is 4.98 Å². The van der Waals surface area contributed by atoms with Gasteiger partial charge >= 0.3 is 5.97 Å². The second-order valence-corrected chi connectivity index (χ2v) is 5.46. The van der Waals surface area contributed by atoms with Crippen LogP contribution in [0, 0.1) is 0 Å². The van der Waals surface area contributed by atoms with Crippen molar-refractivity contribution < 1.29 is 14.3 Å². The summed E-state index contributed by atoms with van der Waals surface area (Å²) in [4.78, 5) is 15.7. The summed E-state index contributed by atoms with van der Waals surface area (Å²) >= 11 is 0. The highest BCUT2D eigenvalue weighted by Gasteiger charge is 2.16. The Kier molecular flexibility index (Phi) is 4.70. The third-order valence-electron chi connectivity index (χ3n) is 1.91. The molecule has 0 N–H and O–H groups in total. The van der Waals surface area contributed by atoms with Gasteiger partial charge in [0.05, 0.1) is 18.7 Å². The molecule has 0 bridgehead atoms. The first kappa shape index (κ1) is 14.5. The smallest absolute Gasteiger partial charge is 0.310 e. The predicted molar refractivity (Wildman–Crippen MR) is 69.6 cm³/mol. The summed E-state index contributed by atoms with van der Waals surface area (Å²) in [5.41, 5.74) is 0.332. The van der Waals surface area contributed by atoms with Crippen molar-refractivity contribution in [2.24, 2.45) is 0 Å². The topological polar surface area (TPSA) is 48.4 Å². The molecule has 0 fully saturated rings. The highest BCUT2D eigenvalue weighted by molar-refractivity contribution is 5.73. The normalized spacial score (nSPS) is 11.4. The van der Waals surface area contributed by atoms with Crippen molar-refractivity contribution in [3.8, 4) is 5.75 Å². The van der Waals surface area contributed by atoms with Crippen LogP contribution in [0.15, 0.2) is 18.5 Å². The molecule has 0 aromatic carbocycles. The molecule has 0 aliphatic heterocycles. The molecular weight excluding hydrogens is 230 g/mol. The van der Waals surface area contributed by atoms with Gasteiger partial charge in [-0.15, -0.1) is 0 Å². The molecule has 1 heterocycles. The zero-order chi connectivity index (χ0) is 13.8. The minimum atomic E-state index is -0.462. The van der Waals surface area contributed by atoms with E-state index in [0.717, 1.165) is 5.56 Å². The molecule has 0 amide bonds. The SMILES string of the molecule is CC(C)Oc1cncc(CC(=O)OC(C)(C)C)c1. The summed E-state index contributed by atoms with van der Waals surface area (Å²) in [6.45, 7) is 9.44. The van der Waals surface area contributed by atoms with Gasteiger partial charge in [-0.3, -0.25) is 9.78 Å². The van der Waals surface area contributed by atoms with E-state index in [1.54, 1.807) is 12.4 Å². The molecule has 0 saturated heterocycles. The van der Waals surface area contributed by atoms with Gasteiger partial charge < -0.3 is 9.47 Å². The Hall–Kier alpha value is -1.58. The van der Waals surface area contributed by atoms with E-state index in [2.05, 4.69) is 4.98 Å². The fraction of sp³-hybridized carbons (Fsp3) is 0.571. The van der Waals surface area contributed by atoms with Crippen LogP contribution in [0.3, 0.4) is 0 Å². The highest BCUT2D eigenvalue weighted by atomic mass is 16.6. The van der Waals surface area contributed by atoms with Crippen molar-refractivity contribution in [2.75, 3.05) is 0 Å². The van der Waals surface area contributed by atoms with E-state index in [1.165, 1.54) is 0 Å². The lowest BCUT2D eigenvalue weighted by Gasteiger charge is -2.19. The minimum Gasteiger partial charge on any atom is -0.489 e. The Labute approximate surface area is 108 Å². The number of carbonyl (C=O) groups excluding carboxylic acids is 1. The molecule has 0 spiro atoms. The average molecular weight is 251 g/mol. The summed E-state index contributed by atoms with van der Waals surface area (Å²) < 4.78 is 10.8. The Bertz CT molecular complexity index is 408. The van der Waals surface area contributed by atoms with Crippen LogP contribution in [0.25, 0.3) is 0 Å². The number of rotatable bonds is 4. The third-order valence-corrected chi connectivity index (χ3v) is 1.91. The van der Waals surface area contributed by atoms with Crippen LogP contribution in [0.2, 0.25) is 0 Å². The molecule has 1 rings (SSSR count). The van der Waals surface area contributed by atoms with Crippen molar-refractivity contribution in [3.05, 3.63) is 24.0 Å².